The molecule has 0 radical (unpaired) electrons. The molecule has 0 saturated heterocycles. The monoisotopic (exact) mass is 364 g/mol. The van der Waals surface area contributed by atoms with Gasteiger partial charge in [-0.15, -0.1) is 6.58 Å². The molecule has 0 aliphatic heterocycles. The van der Waals surface area contributed by atoms with Gasteiger partial charge in [0.1, 0.15) is 11.6 Å². The van der Waals surface area contributed by atoms with Crippen molar-refractivity contribution in [2.45, 2.75) is 77.5 Å². The molecule has 2 N–H and O–H groups in total. The molecule has 0 aromatic carbocycles. The number of amides is 2. The second-order valence-corrected chi connectivity index (χ2v) is 8.82. The summed E-state index contributed by atoms with van der Waals surface area (Å²) in [6.07, 6.45) is 4.37. The highest BCUT2D eigenvalue weighted by molar-refractivity contribution is 5.92. The van der Waals surface area contributed by atoms with Crippen LogP contribution in [0.2, 0.25) is 0 Å². The molecule has 2 fully saturated rings. The zero-order valence-electron chi connectivity index (χ0n) is 16.6. The van der Waals surface area contributed by atoms with Gasteiger partial charge in [0.25, 0.3) is 0 Å². The van der Waals surface area contributed by atoms with Crippen molar-refractivity contribution >= 4 is 17.8 Å². The summed E-state index contributed by atoms with van der Waals surface area (Å²) in [5.74, 6) is -0.215. The van der Waals surface area contributed by atoms with E-state index in [4.69, 9.17) is 4.74 Å². The normalized spacial score (nSPS) is 33.3. The summed E-state index contributed by atoms with van der Waals surface area (Å²) in [5, 5.41) is 6.05. The van der Waals surface area contributed by atoms with Crippen LogP contribution in [0.3, 0.4) is 0 Å². The SMILES string of the molecule is C=CCC1C2CC(OC(C)=O)CC2CC1(NC(C)=O)C(=O)NC(C)(C)C. The molecule has 0 heterocycles. The lowest BCUT2D eigenvalue weighted by atomic mass is 9.78. The molecule has 5 atom stereocenters. The van der Waals surface area contributed by atoms with Crippen LogP contribution in [0, 0.1) is 17.8 Å². The third-order valence-electron chi connectivity index (χ3n) is 5.49. The Kier molecular flexibility index (Phi) is 5.83. The van der Waals surface area contributed by atoms with E-state index in [1.807, 2.05) is 26.8 Å². The predicted molar refractivity (Wildman–Crippen MR) is 99.1 cm³/mol. The maximum absolute atomic E-state index is 13.2. The molecule has 6 heteroatoms. The Morgan fingerprint density at radius 2 is 1.88 bits per heavy atom. The van der Waals surface area contributed by atoms with E-state index in [1.54, 1.807) is 0 Å². The zero-order valence-corrected chi connectivity index (χ0v) is 16.6. The Hall–Kier alpha value is -1.85. The molecule has 2 rings (SSSR count). The molecule has 0 spiro atoms. The molecule has 2 amide bonds. The predicted octanol–water partition coefficient (Wildman–Crippen LogP) is 2.33. The Morgan fingerprint density at radius 1 is 1.23 bits per heavy atom. The van der Waals surface area contributed by atoms with Gasteiger partial charge in [-0.05, 0) is 64.2 Å². The number of fused-ring (bicyclic) bond motifs is 1. The lowest BCUT2D eigenvalue weighted by Gasteiger charge is -2.39. The fourth-order valence-electron chi connectivity index (χ4n) is 4.88. The molecule has 146 valence electrons. The van der Waals surface area contributed by atoms with Crippen LogP contribution in [0.5, 0.6) is 0 Å². The molecule has 2 aliphatic rings. The molecular weight excluding hydrogens is 332 g/mol. The van der Waals surface area contributed by atoms with Crippen molar-refractivity contribution in [3.05, 3.63) is 12.7 Å². The highest BCUT2D eigenvalue weighted by Crippen LogP contribution is 2.54. The molecule has 5 unspecified atom stereocenters. The van der Waals surface area contributed by atoms with Gasteiger partial charge < -0.3 is 15.4 Å². The van der Waals surface area contributed by atoms with Crippen LogP contribution in [-0.4, -0.2) is 35.0 Å². The summed E-state index contributed by atoms with van der Waals surface area (Å²) >= 11 is 0. The number of carbonyl (C=O) groups is 3. The number of esters is 1. The van der Waals surface area contributed by atoms with Crippen molar-refractivity contribution in [2.75, 3.05) is 0 Å². The van der Waals surface area contributed by atoms with E-state index in [2.05, 4.69) is 17.2 Å². The lowest BCUT2D eigenvalue weighted by molar-refractivity contribution is -0.146. The molecule has 0 aromatic heterocycles. The van der Waals surface area contributed by atoms with Gasteiger partial charge in [0.15, 0.2) is 0 Å². The van der Waals surface area contributed by atoms with E-state index in [0.29, 0.717) is 12.8 Å². The highest BCUT2D eigenvalue weighted by atomic mass is 16.5. The number of hydrogen-bond acceptors (Lipinski definition) is 4. The summed E-state index contributed by atoms with van der Waals surface area (Å²) in [6.45, 7) is 12.5. The van der Waals surface area contributed by atoms with Crippen molar-refractivity contribution < 1.29 is 19.1 Å². The van der Waals surface area contributed by atoms with Gasteiger partial charge in [0.05, 0.1) is 0 Å². The van der Waals surface area contributed by atoms with E-state index in [9.17, 15) is 14.4 Å². The topological polar surface area (TPSA) is 84.5 Å². The molecule has 2 aliphatic carbocycles. The van der Waals surface area contributed by atoms with Crippen molar-refractivity contribution in [2.24, 2.45) is 17.8 Å². The van der Waals surface area contributed by atoms with Crippen LogP contribution in [0.25, 0.3) is 0 Å². The van der Waals surface area contributed by atoms with Crippen LogP contribution in [0.15, 0.2) is 12.7 Å². The molecule has 0 aromatic rings. The summed E-state index contributed by atoms with van der Waals surface area (Å²) < 4.78 is 5.41. The van der Waals surface area contributed by atoms with Gasteiger partial charge in [0, 0.05) is 19.4 Å². The largest absolute Gasteiger partial charge is 0.463 e. The third kappa shape index (κ3) is 4.27. The molecule has 2 saturated carbocycles. The Bertz CT molecular complexity index is 595. The summed E-state index contributed by atoms with van der Waals surface area (Å²) in [4.78, 5) is 36.5. The van der Waals surface area contributed by atoms with E-state index < -0.39 is 5.54 Å². The van der Waals surface area contributed by atoms with Crippen molar-refractivity contribution in [3.8, 4) is 0 Å². The number of allylic oxidation sites excluding steroid dienone is 1. The Morgan fingerprint density at radius 3 is 2.38 bits per heavy atom. The first-order valence-corrected chi connectivity index (χ1v) is 9.38. The molecule has 6 nitrogen and oxygen atoms in total. The first kappa shape index (κ1) is 20.5. The van der Waals surface area contributed by atoms with Gasteiger partial charge in [-0.3, -0.25) is 14.4 Å². The molecular formula is C20H32N2O4. The van der Waals surface area contributed by atoms with Crippen LogP contribution in [-0.2, 0) is 19.1 Å². The summed E-state index contributed by atoms with van der Waals surface area (Å²) in [7, 11) is 0. The number of rotatable bonds is 5. The molecule has 0 bridgehead atoms. The zero-order chi connectivity index (χ0) is 19.7. The maximum Gasteiger partial charge on any atom is 0.302 e. The summed E-state index contributed by atoms with van der Waals surface area (Å²) in [6, 6.07) is 0. The standard InChI is InChI=1S/C20H32N2O4/c1-7-8-17-16-10-15(26-13(3)24)9-14(16)11-20(17,21-12(2)23)18(25)22-19(4,5)6/h7,14-17H,1,8-11H2,2-6H3,(H,21,23)(H,22,25). The number of nitrogens with one attached hydrogen (secondary N) is 2. The molecule has 26 heavy (non-hydrogen) atoms. The Labute approximate surface area is 156 Å². The second kappa shape index (κ2) is 7.41. The smallest absolute Gasteiger partial charge is 0.302 e. The van der Waals surface area contributed by atoms with Gasteiger partial charge >= 0.3 is 5.97 Å². The minimum atomic E-state index is -0.941. The van der Waals surface area contributed by atoms with E-state index in [0.717, 1.165) is 12.8 Å². The van der Waals surface area contributed by atoms with Gasteiger partial charge in [-0.1, -0.05) is 6.08 Å². The fraction of sp³-hybridized carbons (Fsp3) is 0.750. The quantitative estimate of drug-likeness (QED) is 0.579. The maximum atomic E-state index is 13.2. The minimum absolute atomic E-state index is 0.0585. The van der Waals surface area contributed by atoms with Gasteiger partial charge in [-0.2, -0.15) is 0 Å². The first-order valence-electron chi connectivity index (χ1n) is 9.38. The lowest BCUT2D eigenvalue weighted by Crippen LogP contribution is -2.63. The highest BCUT2D eigenvalue weighted by Gasteiger charge is 2.60. The minimum Gasteiger partial charge on any atom is -0.463 e. The van der Waals surface area contributed by atoms with E-state index >= 15 is 0 Å². The van der Waals surface area contributed by atoms with E-state index in [-0.39, 0.29) is 47.2 Å². The average molecular weight is 364 g/mol. The number of hydrogen-bond donors (Lipinski definition) is 2. The number of carbonyl (C=O) groups excluding carboxylic acids is 3. The number of ether oxygens (including phenoxy) is 1. The van der Waals surface area contributed by atoms with Crippen LogP contribution >= 0.6 is 0 Å². The fourth-order valence-corrected chi connectivity index (χ4v) is 4.88. The summed E-state index contributed by atoms with van der Waals surface area (Å²) in [5.41, 5.74) is -1.33. The van der Waals surface area contributed by atoms with Gasteiger partial charge in [-0.25, -0.2) is 0 Å². The van der Waals surface area contributed by atoms with E-state index in [1.165, 1.54) is 13.8 Å². The van der Waals surface area contributed by atoms with Crippen molar-refractivity contribution in [1.82, 2.24) is 10.6 Å². The van der Waals surface area contributed by atoms with Crippen LogP contribution in [0.4, 0.5) is 0 Å². The third-order valence-corrected chi connectivity index (χ3v) is 5.49. The van der Waals surface area contributed by atoms with Crippen LogP contribution < -0.4 is 10.6 Å². The second-order valence-electron chi connectivity index (χ2n) is 8.82. The van der Waals surface area contributed by atoms with Crippen molar-refractivity contribution in [1.29, 1.82) is 0 Å². The Balaban J connectivity index is 2.33. The first-order chi connectivity index (χ1) is 12.0. The van der Waals surface area contributed by atoms with Gasteiger partial charge in [0.2, 0.25) is 11.8 Å². The van der Waals surface area contributed by atoms with Crippen LogP contribution in [0.1, 0.15) is 60.3 Å². The van der Waals surface area contributed by atoms with Crippen molar-refractivity contribution in [3.63, 3.8) is 0 Å². The average Bonchev–Trinajstić information content (AvgIpc) is 2.93.